The molecule has 0 aliphatic heterocycles. The molecule has 2 atom stereocenters. The average Bonchev–Trinajstić information content (AvgIpc) is 2.66. The van der Waals surface area contributed by atoms with Gasteiger partial charge in [-0.2, -0.15) is 0 Å². The molecule has 2 aliphatic rings. The van der Waals surface area contributed by atoms with Gasteiger partial charge in [-0.25, -0.2) is 0 Å². The Balaban J connectivity index is 2.02. The minimum Gasteiger partial charge on any atom is -0.330 e. The molecule has 2 unspecified atom stereocenters. The Kier molecular flexibility index (Phi) is 5.97. The third-order valence-electron chi connectivity index (χ3n) is 5.26. The Morgan fingerprint density at radius 1 is 0.889 bits per heavy atom. The molecule has 2 rings (SSSR count). The van der Waals surface area contributed by atoms with Gasteiger partial charge in [0.1, 0.15) is 0 Å². The third kappa shape index (κ3) is 3.48. The molecule has 18 heavy (non-hydrogen) atoms. The average molecular weight is 252 g/mol. The molecular weight excluding hydrogens is 220 g/mol. The van der Waals surface area contributed by atoms with Crippen molar-refractivity contribution in [1.82, 2.24) is 4.90 Å². The number of nitrogens with two attached hydrogens (primary N) is 1. The van der Waals surface area contributed by atoms with Gasteiger partial charge in [0, 0.05) is 12.1 Å². The molecule has 106 valence electrons. The summed E-state index contributed by atoms with van der Waals surface area (Å²) in [5, 5.41) is 0. The van der Waals surface area contributed by atoms with Gasteiger partial charge in [0.2, 0.25) is 0 Å². The van der Waals surface area contributed by atoms with Crippen molar-refractivity contribution in [1.29, 1.82) is 0 Å². The van der Waals surface area contributed by atoms with Crippen LogP contribution in [0, 0.1) is 5.92 Å². The van der Waals surface area contributed by atoms with E-state index < -0.39 is 0 Å². The summed E-state index contributed by atoms with van der Waals surface area (Å²) in [4.78, 5) is 2.84. The second kappa shape index (κ2) is 7.49. The summed E-state index contributed by atoms with van der Waals surface area (Å²) in [5.41, 5.74) is 6.06. The molecule has 0 heterocycles. The fourth-order valence-electron chi connectivity index (χ4n) is 4.25. The molecule has 0 spiro atoms. The zero-order chi connectivity index (χ0) is 12.8. The van der Waals surface area contributed by atoms with Crippen LogP contribution in [-0.2, 0) is 0 Å². The molecule has 2 heteroatoms. The summed E-state index contributed by atoms with van der Waals surface area (Å²) in [5.74, 6) is 0.759. The molecule has 0 bridgehead atoms. The van der Waals surface area contributed by atoms with Crippen LogP contribution in [-0.4, -0.2) is 30.1 Å². The van der Waals surface area contributed by atoms with E-state index in [2.05, 4.69) is 11.8 Å². The molecule has 0 aromatic rings. The summed E-state index contributed by atoms with van der Waals surface area (Å²) in [6, 6.07) is 1.64. The van der Waals surface area contributed by atoms with Crippen LogP contribution in [0.3, 0.4) is 0 Å². The van der Waals surface area contributed by atoms with Crippen molar-refractivity contribution in [3.63, 3.8) is 0 Å². The van der Waals surface area contributed by atoms with Crippen LogP contribution in [0.4, 0.5) is 0 Å². The van der Waals surface area contributed by atoms with Crippen LogP contribution in [0.1, 0.15) is 71.1 Å². The highest BCUT2D eigenvalue weighted by molar-refractivity contribution is 4.87. The van der Waals surface area contributed by atoms with Gasteiger partial charge in [0.15, 0.2) is 0 Å². The summed E-state index contributed by atoms with van der Waals surface area (Å²) in [7, 11) is 0. The van der Waals surface area contributed by atoms with Crippen molar-refractivity contribution < 1.29 is 0 Å². The fourth-order valence-corrected chi connectivity index (χ4v) is 4.25. The minimum absolute atomic E-state index is 0.759. The lowest BCUT2D eigenvalue weighted by molar-refractivity contribution is 0.0718. The Morgan fingerprint density at radius 2 is 1.50 bits per heavy atom. The normalized spacial score (nSPS) is 31.5. The first kappa shape index (κ1) is 14.3. The topological polar surface area (TPSA) is 29.3 Å². The quantitative estimate of drug-likeness (QED) is 0.775. The maximum Gasteiger partial charge on any atom is 0.0138 e. The van der Waals surface area contributed by atoms with Crippen molar-refractivity contribution in [3.8, 4) is 0 Å². The van der Waals surface area contributed by atoms with Gasteiger partial charge < -0.3 is 5.73 Å². The van der Waals surface area contributed by atoms with Gasteiger partial charge in [-0.15, -0.1) is 0 Å². The zero-order valence-corrected chi connectivity index (χ0v) is 12.2. The van der Waals surface area contributed by atoms with Crippen molar-refractivity contribution in [2.75, 3.05) is 13.1 Å². The van der Waals surface area contributed by atoms with E-state index in [0.717, 1.165) is 24.5 Å². The summed E-state index contributed by atoms with van der Waals surface area (Å²) < 4.78 is 0. The van der Waals surface area contributed by atoms with Gasteiger partial charge in [-0.1, -0.05) is 45.4 Å². The van der Waals surface area contributed by atoms with E-state index in [4.69, 9.17) is 5.73 Å². The van der Waals surface area contributed by atoms with Crippen molar-refractivity contribution in [2.45, 2.75) is 83.2 Å². The van der Waals surface area contributed by atoms with Gasteiger partial charge >= 0.3 is 0 Å². The first-order valence-corrected chi connectivity index (χ1v) is 8.32. The van der Waals surface area contributed by atoms with E-state index in [-0.39, 0.29) is 0 Å². The first-order valence-electron chi connectivity index (χ1n) is 8.32. The molecule has 0 amide bonds. The van der Waals surface area contributed by atoms with E-state index in [0.29, 0.717) is 0 Å². The fraction of sp³-hybridized carbons (Fsp3) is 1.00. The number of rotatable bonds is 4. The first-order chi connectivity index (χ1) is 8.86. The Labute approximate surface area is 113 Å². The smallest absolute Gasteiger partial charge is 0.0138 e. The van der Waals surface area contributed by atoms with Gasteiger partial charge in [0.25, 0.3) is 0 Å². The largest absolute Gasteiger partial charge is 0.330 e. The standard InChI is InChI=1S/C16H32N2/c1-2-18(15-10-6-4-7-11-15)16-12-8-3-5-9-14(16)13-17/h14-16H,2-13,17H2,1H3. The predicted molar refractivity (Wildman–Crippen MR) is 78.7 cm³/mol. The molecule has 0 aromatic carbocycles. The lowest BCUT2D eigenvalue weighted by Gasteiger charge is -2.42. The predicted octanol–water partition coefficient (Wildman–Crippen LogP) is 3.55. The van der Waals surface area contributed by atoms with E-state index in [9.17, 15) is 0 Å². The van der Waals surface area contributed by atoms with Crippen LogP contribution in [0.2, 0.25) is 0 Å². The maximum atomic E-state index is 6.06. The molecular formula is C16H32N2. The second-order valence-electron chi connectivity index (χ2n) is 6.32. The lowest BCUT2D eigenvalue weighted by Crippen LogP contribution is -2.48. The van der Waals surface area contributed by atoms with Gasteiger partial charge in [-0.05, 0) is 44.7 Å². The Hall–Kier alpha value is -0.0800. The monoisotopic (exact) mass is 252 g/mol. The Bertz CT molecular complexity index is 223. The molecule has 2 nitrogen and oxygen atoms in total. The minimum atomic E-state index is 0.759. The van der Waals surface area contributed by atoms with Crippen LogP contribution in [0.5, 0.6) is 0 Å². The highest BCUT2D eigenvalue weighted by atomic mass is 15.2. The highest BCUT2D eigenvalue weighted by Gasteiger charge is 2.31. The molecule has 0 saturated heterocycles. The van der Waals surface area contributed by atoms with E-state index >= 15 is 0 Å². The summed E-state index contributed by atoms with van der Waals surface area (Å²) >= 11 is 0. The zero-order valence-electron chi connectivity index (χ0n) is 12.2. The lowest BCUT2D eigenvalue weighted by atomic mass is 9.88. The van der Waals surface area contributed by atoms with Crippen LogP contribution < -0.4 is 5.73 Å². The van der Waals surface area contributed by atoms with Crippen LogP contribution in [0.15, 0.2) is 0 Å². The number of hydrogen-bond donors (Lipinski definition) is 1. The Morgan fingerprint density at radius 3 is 2.11 bits per heavy atom. The van der Waals surface area contributed by atoms with Crippen molar-refractivity contribution >= 4 is 0 Å². The van der Waals surface area contributed by atoms with Crippen LogP contribution >= 0.6 is 0 Å². The molecule has 0 radical (unpaired) electrons. The highest BCUT2D eigenvalue weighted by Crippen LogP contribution is 2.32. The summed E-state index contributed by atoms with van der Waals surface area (Å²) in [6.45, 7) is 4.48. The second-order valence-corrected chi connectivity index (χ2v) is 6.32. The van der Waals surface area contributed by atoms with Crippen LogP contribution in [0.25, 0.3) is 0 Å². The molecule has 0 aromatic heterocycles. The van der Waals surface area contributed by atoms with Gasteiger partial charge in [-0.3, -0.25) is 4.90 Å². The molecule has 2 saturated carbocycles. The molecule has 2 N–H and O–H groups in total. The van der Waals surface area contributed by atoms with E-state index in [1.807, 2.05) is 0 Å². The third-order valence-corrected chi connectivity index (χ3v) is 5.26. The number of nitrogens with zero attached hydrogens (tertiary/aromatic N) is 1. The SMILES string of the molecule is CCN(C1CCCCC1)C1CCCCCC1CN. The van der Waals surface area contributed by atoms with E-state index in [1.54, 1.807) is 0 Å². The van der Waals surface area contributed by atoms with Crippen molar-refractivity contribution in [3.05, 3.63) is 0 Å². The number of hydrogen-bond acceptors (Lipinski definition) is 2. The molecule has 2 fully saturated rings. The van der Waals surface area contributed by atoms with Crippen molar-refractivity contribution in [2.24, 2.45) is 11.7 Å². The molecule has 2 aliphatic carbocycles. The van der Waals surface area contributed by atoms with Gasteiger partial charge in [0.05, 0.1) is 0 Å². The summed E-state index contributed by atoms with van der Waals surface area (Å²) in [6.07, 6.45) is 14.2. The van der Waals surface area contributed by atoms with E-state index in [1.165, 1.54) is 70.8 Å². The maximum absolute atomic E-state index is 6.06.